The molecule has 0 bridgehead atoms. The monoisotopic (exact) mass is 460 g/mol. The third-order valence-electron chi connectivity index (χ3n) is 6.52. The Kier molecular flexibility index (Phi) is 15.8. The van der Waals surface area contributed by atoms with Gasteiger partial charge in [0.2, 0.25) is 0 Å². The maximum atomic E-state index is 4.52. The summed E-state index contributed by atoms with van der Waals surface area (Å²) in [6, 6.07) is 17.3. The number of hydrogen-bond acceptors (Lipinski definition) is 2. The molecule has 186 valence electrons. The first-order valence-electron chi connectivity index (χ1n) is 14.1. The lowest BCUT2D eigenvalue weighted by Gasteiger charge is -2.03. The second-order valence-corrected chi connectivity index (χ2v) is 9.63. The van der Waals surface area contributed by atoms with Crippen LogP contribution in [0.3, 0.4) is 0 Å². The number of hydrogen-bond donors (Lipinski definition) is 0. The molecule has 0 saturated heterocycles. The van der Waals surface area contributed by atoms with Crippen LogP contribution in [0.5, 0.6) is 0 Å². The molecule has 2 rings (SSSR count). The summed E-state index contributed by atoms with van der Waals surface area (Å²) in [6.07, 6.45) is 25.0. The van der Waals surface area contributed by atoms with Crippen molar-refractivity contribution >= 4 is 23.8 Å². The highest BCUT2D eigenvalue weighted by atomic mass is 14.8. The fourth-order valence-corrected chi connectivity index (χ4v) is 4.31. The van der Waals surface area contributed by atoms with E-state index < -0.39 is 0 Å². The summed E-state index contributed by atoms with van der Waals surface area (Å²) in [6.45, 7) is 4.55. The second kappa shape index (κ2) is 19.1. The molecule has 34 heavy (non-hydrogen) atoms. The maximum absolute atomic E-state index is 4.52. The van der Waals surface area contributed by atoms with E-state index in [0.717, 1.165) is 11.4 Å². The highest BCUT2D eigenvalue weighted by Gasteiger charge is 1.97. The van der Waals surface area contributed by atoms with Crippen molar-refractivity contribution in [3.63, 3.8) is 0 Å². The summed E-state index contributed by atoms with van der Waals surface area (Å²) >= 11 is 0. The van der Waals surface area contributed by atoms with Crippen LogP contribution < -0.4 is 0 Å². The van der Waals surface area contributed by atoms with Crippen LogP contribution in [-0.2, 0) is 12.8 Å². The molecule has 0 radical (unpaired) electrons. The average Bonchev–Trinajstić information content (AvgIpc) is 2.87. The molecule has 0 spiro atoms. The molecule has 0 aliphatic rings. The molecule has 0 aromatic heterocycles. The van der Waals surface area contributed by atoms with Gasteiger partial charge in [0, 0.05) is 12.4 Å². The number of unbranched alkanes of at least 4 members (excludes halogenated alkanes) is 12. The lowest BCUT2D eigenvalue weighted by Crippen LogP contribution is -1.86. The minimum atomic E-state index is 0.986. The predicted octanol–water partition coefficient (Wildman–Crippen LogP) is 10.4. The van der Waals surface area contributed by atoms with Crippen molar-refractivity contribution in [1.82, 2.24) is 0 Å². The lowest BCUT2D eigenvalue weighted by atomic mass is 10.0. The molecule has 0 fully saturated rings. The Morgan fingerprint density at radius 3 is 1.12 bits per heavy atom. The minimum absolute atomic E-state index is 0.986. The third kappa shape index (κ3) is 13.5. The smallest absolute Gasteiger partial charge is 0.0630 e. The van der Waals surface area contributed by atoms with E-state index in [1.54, 1.807) is 12.4 Å². The zero-order valence-electron chi connectivity index (χ0n) is 22.0. The number of aliphatic imine (C=N–C) groups is 2. The molecule has 0 N–H and O–H groups in total. The average molecular weight is 461 g/mol. The fraction of sp³-hybridized carbons (Fsp3) is 0.562. The van der Waals surface area contributed by atoms with Crippen molar-refractivity contribution in [2.45, 2.75) is 117 Å². The molecule has 2 aromatic rings. The van der Waals surface area contributed by atoms with Crippen LogP contribution in [0.4, 0.5) is 11.4 Å². The lowest BCUT2D eigenvalue weighted by molar-refractivity contribution is 0.589. The van der Waals surface area contributed by atoms with Crippen molar-refractivity contribution in [1.29, 1.82) is 0 Å². The van der Waals surface area contributed by atoms with Crippen molar-refractivity contribution in [3.05, 3.63) is 59.7 Å². The van der Waals surface area contributed by atoms with Gasteiger partial charge in [-0.2, -0.15) is 0 Å². The highest BCUT2D eigenvalue weighted by molar-refractivity contribution is 6.17. The first-order chi connectivity index (χ1) is 16.8. The van der Waals surface area contributed by atoms with Crippen molar-refractivity contribution in [2.75, 3.05) is 0 Å². The first kappa shape index (κ1) is 28.0. The summed E-state index contributed by atoms with van der Waals surface area (Å²) in [7, 11) is 0. The first-order valence-corrected chi connectivity index (χ1v) is 14.1. The molecule has 0 saturated carbocycles. The molecular weight excluding hydrogens is 412 g/mol. The third-order valence-corrected chi connectivity index (χ3v) is 6.52. The Balaban J connectivity index is 1.62. The van der Waals surface area contributed by atoms with E-state index >= 15 is 0 Å². The van der Waals surface area contributed by atoms with Gasteiger partial charge in [-0.1, -0.05) is 115 Å². The molecule has 0 aliphatic carbocycles. The van der Waals surface area contributed by atoms with Gasteiger partial charge in [0.25, 0.3) is 0 Å². The van der Waals surface area contributed by atoms with E-state index in [1.807, 2.05) is 0 Å². The SMILES string of the molecule is CCCCCCCCCc1ccc(N=CC=Nc2ccc(CCCCCCCCC)cc2)cc1. The number of benzene rings is 2. The van der Waals surface area contributed by atoms with Crippen LogP contribution in [0.1, 0.15) is 115 Å². The molecule has 0 atom stereocenters. The molecule has 0 unspecified atom stereocenters. The summed E-state index contributed by atoms with van der Waals surface area (Å²) in [5, 5.41) is 0. The fourth-order valence-electron chi connectivity index (χ4n) is 4.31. The summed E-state index contributed by atoms with van der Waals surface area (Å²) in [5.74, 6) is 0. The minimum Gasteiger partial charge on any atom is -0.255 e. The zero-order chi connectivity index (χ0) is 24.1. The van der Waals surface area contributed by atoms with E-state index in [0.29, 0.717) is 0 Å². The van der Waals surface area contributed by atoms with Crippen LogP contribution in [0.15, 0.2) is 58.5 Å². The molecular formula is C32H48N2. The standard InChI is InChI=1S/C32H48N2/c1-3-5-7-9-11-13-15-17-29-19-23-31(24-20-29)33-27-28-34-32-25-21-30(22-26-32)18-16-14-12-10-8-6-4-2/h19-28H,3-18H2,1-2H3. The van der Waals surface area contributed by atoms with Gasteiger partial charge in [0.05, 0.1) is 11.4 Å². The summed E-state index contributed by atoms with van der Waals surface area (Å²) < 4.78 is 0. The van der Waals surface area contributed by atoms with Crippen molar-refractivity contribution < 1.29 is 0 Å². The molecule has 2 aromatic carbocycles. The van der Waals surface area contributed by atoms with E-state index in [4.69, 9.17) is 0 Å². The van der Waals surface area contributed by atoms with E-state index in [2.05, 4.69) is 72.4 Å². The van der Waals surface area contributed by atoms with Gasteiger partial charge >= 0.3 is 0 Å². The maximum Gasteiger partial charge on any atom is 0.0630 e. The molecule has 0 amide bonds. The highest BCUT2D eigenvalue weighted by Crippen LogP contribution is 2.17. The Hall–Kier alpha value is -2.22. The van der Waals surface area contributed by atoms with Crippen LogP contribution in [-0.4, -0.2) is 12.4 Å². The topological polar surface area (TPSA) is 24.7 Å². The van der Waals surface area contributed by atoms with Crippen LogP contribution in [0.25, 0.3) is 0 Å². The normalized spacial score (nSPS) is 11.7. The van der Waals surface area contributed by atoms with Crippen LogP contribution in [0.2, 0.25) is 0 Å². The number of nitrogens with zero attached hydrogens (tertiary/aromatic N) is 2. The number of rotatable bonds is 19. The van der Waals surface area contributed by atoms with Crippen LogP contribution >= 0.6 is 0 Å². The quantitative estimate of drug-likeness (QED) is 0.147. The van der Waals surface area contributed by atoms with Gasteiger partial charge in [0.1, 0.15) is 0 Å². The second-order valence-electron chi connectivity index (χ2n) is 9.63. The van der Waals surface area contributed by atoms with Gasteiger partial charge in [-0.05, 0) is 61.1 Å². The van der Waals surface area contributed by atoms with Crippen molar-refractivity contribution in [3.8, 4) is 0 Å². The van der Waals surface area contributed by atoms with Crippen molar-refractivity contribution in [2.24, 2.45) is 9.98 Å². The Morgan fingerprint density at radius 2 is 0.765 bits per heavy atom. The van der Waals surface area contributed by atoms with Gasteiger partial charge in [-0.3, -0.25) is 9.98 Å². The zero-order valence-corrected chi connectivity index (χ0v) is 22.0. The van der Waals surface area contributed by atoms with Crippen LogP contribution in [0, 0.1) is 0 Å². The summed E-state index contributed by atoms with van der Waals surface area (Å²) in [4.78, 5) is 9.04. The molecule has 0 heterocycles. The largest absolute Gasteiger partial charge is 0.255 e. The van der Waals surface area contributed by atoms with Gasteiger partial charge in [-0.15, -0.1) is 0 Å². The molecule has 2 nitrogen and oxygen atoms in total. The van der Waals surface area contributed by atoms with E-state index in [9.17, 15) is 0 Å². The Labute approximate surface area is 210 Å². The van der Waals surface area contributed by atoms with Gasteiger partial charge in [0.15, 0.2) is 0 Å². The summed E-state index contributed by atoms with van der Waals surface area (Å²) in [5.41, 5.74) is 4.80. The van der Waals surface area contributed by atoms with E-state index in [-0.39, 0.29) is 0 Å². The predicted molar refractivity (Wildman–Crippen MR) is 153 cm³/mol. The van der Waals surface area contributed by atoms with E-state index in [1.165, 1.54) is 114 Å². The van der Waals surface area contributed by atoms with Gasteiger partial charge < -0.3 is 0 Å². The number of aryl methyl sites for hydroxylation is 2. The molecule has 0 aliphatic heterocycles. The molecule has 2 heteroatoms. The Morgan fingerprint density at radius 1 is 0.441 bits per heavy atom. The Bertz CT molecular complexity index is 717. The van der Waals surface area contributed by atoms with Gasteiger partial charge in [-0.25, -0.2) is 0 Å².